The third-order valence-corrected chi connectivity index (χ3v) is 4.04. The second-order valence-corrected chi connectivity index (χ2v) is 5.24. The molecule has 1 aromatic heterocycles. The Bertz CT molecular complexity index is 751. The van der Waals surface area contributed by atoms with Crippen molar-refractivity contribution < 1.29 is 0 Å². The Labute approximate surface area is 123 Å². The lowest BCUT2D eigenvalue weighted by atomic mass is 9.77. The van der Waals surface area contributed by atoms with Gasteiger partial charge in [0.05, 0.1) is 5.69 Å². The van der Waals surface area contributed by atoms with Crippen LogP contribution in [0.4, 0.5) is 11.4 Å². The fourth-order valence-corrected chi connectivity index (χ4v) is 3.03. The smallest absolute Gasteiger partial charge is 0.113 e. The van der Waals surface area contributed by atoms with E-state index in [1.54, 1.807) is 6.20 Å². The molecule has 102 valence electrons. The summed E-state index contributed by atoms with van der Waals surface area (Å²) in [5.74, 6) is 0. The molecule has 0 aliphatic carbocycles. The molecule has 0 amide bonds. The number of para-hydroxylation sites is 2. The van der Waals surface area contributed by atoms with E-state index in [2.05, 4.69) is 34.6 Å². The molecule has 0 radical (unpaired) electrons. The van der Waals surface area contributed by atoms with Gasteiger partial charge in [-0.3, -0.25) is 4.98 Å². The van der Waals surface area contributed by atoms with Crippen LogP contribution in [-0.2, 0) is 5.54 Å². The fraction of sp³-hybridized carbons (Fsp3) is 0.0556. The molecule has 0 spiro atoms. The summed E-state index contributed by atoms with van der Waals surface area (Å²) in [5.41, 5.74) is 11.2. The highest BCUT2D eigenvalue weighted by Gasteiger charge is 2.39. The van der Waals surface area contributed by atoms with Crippen LogP contribution in [0.1, 0.15) is 16.8 Å². The SMILES string of the molecule is NC1(c2ccccn2)c2ccccc2Nc2ccccc21. The lowest BCUT2D eigenvalue weighted by molar-refractivity contribution is 0.626. The van der Waals surface area contributed by atoms with Gasteiger partial charge in [0.25, 0.3) is 0 Å². The topological polar surface area (TPSA) is 50.9 Å². The van der Waals surface area contributed by atoms with Crippen LogP contribution in [0.2, 0.25) is 0 Å². The maximum Gasteiger partial charge on any atom is 0.113 e. The molecule has 0 saturated carbocycles. The zero-order valence-electron chi connectivity index (χ0n) is 11.5. The molecule has 0 unspecified atom stereocenters. The summed E-state index contributed by atoms with van der Waals surface area (Å²) in [6.07, 6.45) is 1.79. The number of rotatable bonds is 1. The standard InChI is InChI=1S/C18H15N3/c19-18(17-11-5-6-12-20-17)13-7-1-3-9-15(13)21-16-10-4-2-8-14(16)18/h1-12,21H,19H2. The van der Waals surface area contributed by atoms with E-state index in [-0.39, 0.29) is 0 Å². The van der Waals surface area contributed by atoms with Crippen LogP contribution in [0, 0.1) is 0 Å². The van der Waals surface area contributed by atoms with Crippen LogP contribution in [-0.4, -0.2) is 4.98 Å². The molecular weight excluding hydrogens is 258 g/mol. The Balaban J connectivity index is 2.06. The Morgan fingerprint density at radius 1 is 0.762 bits per heavy atom. The molecule has 0 fully saturated rings. The third-order valence-electron chi connectivity index (χ3n) is 4.04. The lowest BCUT2D eigenvalue weighted by Crippen LogP contribution is -2.43. The van der Waals surface area contributed by atoms with E-state index in [1.807, 2.05) is 42.5 Å². The van der Waals surface area contributed by atoms with E-state index >= 15 is 0 Å². The highest BCUT2D eigenvalue weighted by molar-refractivity contribution is 5.77. The molecule has 3 aromatic rings. The minimum Gasteiger partial charge on any atom is -0.355 e. The molecule has 2 heterocycles. The van der Waals surface area contributed by atoms with Crippen molar-refractivity contribution in [1.29, 1.82) is 0 Å². The van der Waals surface area contributed by atoms with Crippen LogP contribution < -0.4 is 11.1 Å². The molecule has 3 nitrogen and oxygen atoms in total. The van der Waals surface area contributed by atoms with Crippen LogP contribution in [0.5, 0.6) is 0 Å². The van der Waals surface area contributed by atoms with Crippen molar-refractivity contribution >= 4 is 11.4 Å². The Kier molecular flexibility index (Phi) is 2.56. The van der Waals surface area contributed by atoms with Gasteiger partial charge in [-0.15, -0.1) is 0 Å². The van der Waals surface area contributed by atoms with E-state index in [0.717, 1.165) is 28.2 Å². The average molecular weight is 273 g/mol. The van der Waals surface area contributed by atoms with Gasteiger partial charge >= 0.3 is 0 Å². The van der Waals surface area contributed by atoms with Crippen molar-refractivity contribution in [3.63, 3.8) is 0 Å². The van der Waals surface area contributed by atoms with Crippen molar-refractivity contribution in [3.05, 3.63) is 89.7 Å². The maximum absolute atomic E-state index is 6.90. The molecule has 3 heteroatoms. The average Bonchev–Trinajstić information content (AvgIpc) is 2.56. The number of hydrogen-bond donors (Lipinski definition) is 2. The van der Waals surface area contributed by atoms with Crippen LogP contribution in [0.25, 0.3) is 0 Å². The lowest BCUT2D eigenvalue weighted by Gasteiger charge is -2.37. The van der Waals surface area contributed by atoms with Gasteiger partial charge in [0.15, 0.2) is 0 Å². The molecule has 2 aromatic carbocycles. The largest absolute Gasteiger partial charge is 0.355 e. The monoisotopic (exact) mass is 273 g/mol. The van der Waals surface area contributed by atoms with Gasteiger partial charge in [0.2, 0.25) is 0 Å². The van der Waals surface area contributed by atoms with Crippen molar-refractivity contribution in [2.45, 2.75) is 5.54 Å². The molecule has 1 aliphatic rings. The molecule has 1 aliphatic heterocycles. The van der Waals surface area contributed by atoms with Gasteiger partial charge < -0.3 is 11.1 Å². The zero-order valence-corrected chi connectivity index (χ0v) is 11.5. The number of nitrogens with zero attached hydrogens (tertiary/aromatic N) is 1. The molecule has 21 heavy (non-hydrogen) atoms. The zero-order chi connectivity index (χ0) is 14.3. The van der Waals surface area contributed by atoms with Crippen molar-refractivity contribution in [1.82, 2.24) is 4.98 Å². The predicted molar refractivity (Wildman–Crippen MR) is 84.5 cm³/mol. The fourth-order valence-electron chi connectivity index (χ4n) is 3.03. The van der Waals surface area contributed by atoms with Gasteiger partial charge in [0.1, 0.15) is 5.54 Å². The number of pyridine rings is 1. The van der Waals surface area contributed by atoms with Gasteiger partial charge in [-0.1, -0.05) is 42.5 Å². The van der Waals surface area contributed by atoms with Gasteiger partial charge in [0, 0.05) is 28.7 Å². The summed E-state index contributed by atoms with van der Waals surface area (Å²) in [6.45, 7) is 0. The Hall–Kier alpha value is -2.65. The van der Waals surface area contributed by atoms with E-state index < -0.39 is 5.54 Å². The summed E-state index contributed by atoms with van der Waals surface area (Å²) in [4.78, 5) is 4.52. The maximum atomic E-state index is 6.90. The van der Waals surface area contributed by atoms with Gasteiger partial charge in [-0.05, 0) is 24.3 Å². The minimum atomic E-state index is -0.736. The first-order valence-corrected chi connectivity index (χ1v) is 6.96. The van der Waals surface area contributed by atoms with E-state index in [1.165, 1.54) is 0 Å². The Morgan fingerprint density at radius 2 is 1.33 bits per heavy atom. The summed E-state index contributed by atoms with van der Waals surface area (Å²) < 4.78 is 0. The number of fused-ring (bicyclic) bond motifs is 2. The number of nitrogens with two attached hydrogens (primary N) is 1. The first kappa shape index (κ1) is 12.1. The summed E-state index contributed by atoms with van der Waals surface area (Å²) in [6, 6.07) is 22.1. The van der Waals surface area contributed by atoms with E-state index in [0.29, 0.717) is 0 Å². The van der Waals surface area contributed by atoms with Crippen LogP contribution in [0.15, 0.2) is 72.9 Å². The summed E-state index contributed by atoms with van der Waals surface area (Å²) in [5, 5.41) is 3.46. The van der Waals surface area contributed by atoms with Crippen LogP contribution >= 0.6 is 0 Å². The number of benzene rings is 2. The van der Waals surface area contributed by atoms with Crippen LogP contribution in [0.3, 0.4) is 0 Å². The normalized spacial score (nSPS) is 14.7. The first-order chi connectivity index (χ1) is 10.3. The van der Waals surface area contributed by atoms with Crippen molar-refractivity contribution in [3.8, 4) is 0 Å². The quantitative estimate of drug-likeness (QED) is 0.714. The second-order valence-electron chi connectivity index (χ2n) is 5.24. The van der Waals surface area contributed by atoms with Gasteiger partial charge in [-0.25, -0.2) is 0 Å². The van der Waals surface area contributed by atoms with Crippen molar-refractivity contribution in [2.75, 3.05) is 5.32 Å². The molecule has 0 bridgehead atoms. The van der Waals surface area contributed by atoms with E-state index in [9.17, 15) is 0 Å². The number of aromatic nitrogens is 1. The summed E-state index contributed by atoms with van der Waals surface area (Å²) in [7, 11) is 0. The number of anilines is 2. The highest BCUT2D eigenvalue weighted by atomic mass is 15.0. The van der Waals surface area contributed by atoms with Gasteiger partial charge in [-0.2, -0.15) is 0 Å². The molecular formula is C18H15N3. The molecule has 0 atom stereocenters. The van der Waals surface area contributed by atoms with Crippen molar-refractivity contribution in [2.24, 2.45) is 5.73 Å². The summed E-state index contributed by atoms with van der Waals surface area (Å²) >= 11 is 0. The Morgan fingerprint density at radius 3 is 1.90 bits per heavy atom. The van der Waals surface area contributed by atoms with E-state index in [4.69, 9.17) is 5.73 Å². The minimum absolute atomic E-state index is 0.736. The number of nitrogens with one attached hydrogen (secondary N) is 1. The molecule has 0 saturated heterocycles. The predicted octanol–water partition coefficient (Wildman–Crippen LogP) is 3.39. The number of hydrogen-bond acceptors (Lipinski definition) is 3. The third kappa shape index (κ3) is 1.68. The molecule has 4 rings (SSSR count). The first-order valence-electron chi connectivity index (χ1n) is 6.96. The highest BCUT2D eigenvalue weighted by Crippen LogP contribution is 2.45. The molecule has 3 N–H and O–H groups in total. The second kappa shape index (κ2) is 4.43.